The Morgan fingerprint density at radius 2 is 2.00 bits per heavy atom. The number of ether oxygens (including phenoxy) is 2. The third-order valence-corrected chi connectivity index (χ3v) is 4.74. The van der Waals surface area contributed by atoms with Crippen molar-refractivity contribution in [1.29, 1.82) is 0 Å². The van der Waals surface area contributed by atoms with E-state index in [9.17, 15) is 4.79 Å². The summed E-state index contributed by atoms with van der Waals surface area (Å²) in [4.78, 5) is 26.0. The first kappa shape index (κ1) is 22.0. The summed E-state index contributed by atoms with van der Waals surface area (Å²) >= 11 is 0. The van der Waals surface area contributed by atoms with Crippen molar-refractivity contribution in [2.24, 2.45) is 0 Å². The Kier molecular flexibility index (Phi) is 6.88. The van der Waals surface area contributed by atoms with Crippen molar-refractivity contribution < 1.29 is 18.8 Å². The molecule has 1 saturated heterocycles. The molecule has 0 bridgehead atoms. The number of carbonyl (C=O) groups is 1. The molecular formula is C20H30N6O4. The second-order valence-corrected chi connectivity index (χ2v) is 8.21. The standard InChI is InChI=1S/C20H30N6O4/c1-20(2,3)15-13-16(24-30-15)22-18(27)14-12-17(25(4)6-9-28-5)23-19(21-14)26-7-10-29-11-8-26/h12-13H,6-11H2,1-5H3,(H,22,24,27). The molecule has 0 radical (unpaired) electrons. The Morgan fingerprint density at radius 3 is 2.63 bits per heavy atom. The molecule has 0 saturated carbocycles. The van der Waals surface area contributed by atoms with Gasteiger partial charge in [0.15, 0.2) is 5.82 Å². The lowest BCUT2D eigenvalue weighted by molar-refractivity contribution is 0.102. The summed E-state index contributed by atoms with van der Waals surface area (Å²) in [6, 6.07) is 3.40. The molecule has 1 N–H and O–H groups in total. The van der Waals surface area contributed by atoms with Crippen LogP contribution in [-0.2, 0) is 14.9 Å². The minimum Gasteiger partial charge on any atom is -0.383 e. The van der Waals surface area contributed by atoms with Gasteiger partial charge in [-0.3, -0.25) is 4.79 Å². The van der Waals surface area contributed by atoms with Crippen LogP contribution in [0.3, 0.4) is 0 Å². The van der Waals surface area contributed by atoms with Crippen LogP contribution in [-0.4, -0.2) is 74.6 Å². The third kappa shape index (κ3) is 5.45. The number of likely N-dealkylation sites (N-methyl/N-ethyl adjacent to an activating group) is 1. The first-order valence-electron chi connectivity index (χ1n) is 9.98. The number of amides is 1. The van der Waals surface area contributed by atoms with Gasteiger partial charge >= 0.3 is 0 Å². The maximum absolute atomic E-state index is 12.9. The van der Waals surface area contributed by atoms with Crippen molar-refractivity contribution in [3.8, 4) is 0 Å². The van der Waals surface area contributed by atoms with E-state index in [0.717, 1.165) is 0 Å². The van der Waals surface area contributed by atoms with E-state index in [1.54, 1.807) is 19.2 Å². The normalized spacial score (nSPS) is 14.6. The second-order valence-electron chi connectivity index (χ2n) is 8.21. The van der Waals surface area contributed by atoms with E-state index in [-0.39, 0.29) is 17.0 Å². The van der Waals surface area contributed by atoms with Gasteiger partial charge in [-0.05, 0) is 0 Å². The average molecular weight is 418 g/mol. The Morgan fingerprint density at radius 1 is 1.27 bits per heavy atom. The predicted molar refractivity (Wildman–Crippen MR) is 113 cm³/mol. The molecule has 30 heavy (non-hydrogen) atoms. The first-order chi connectivity index (χ1) is 14.3. The van der Waals surface area contributed by atoms with Gasteiger partial charge in [0.2, 0.25) is 5.95 Å². The van der Waals surface area contributed by atoms with E-state index in [1.165, 1.54) is 0 Å². The molecule has 2 aromatic heterocycles. The van der Waals surface area contributed by atoms with Crippen LogP contribution in [0.4, 0.5) is 17.6 Å². The van der Waals surface area contributed by atoms with Crippen LogP contribution >= 0.6 is 0 Å². The molecule has 164 valence electrons. The van der Waals surface area contributed by atoms with Crippen LogP contribution in [0.25, 0.3) is 0 Å². The molecule has 0 aromatic carbocycles. The van der Waals surface area contributed by atoms with E-state index >= 15 is 0 Å². The molecule has 0 aliphatic carbocycles. The first-order valence-corrected chi connectivity index (χ1v) is 9.98. The van der Waals surface area contributed by atoms with Gasteiger partial charge in [0.1, 0.15) is 17.3 Å². The molecule has 0 spiro atoms. The minimum absolute atomic E-state index is 0.203. The highest BCUT2D eigenvalue weighted by Gasteiger charge is 2.23. The van der Waals surface area contributed by atoms with Gasteiger partial charge in [0.05, 0.1) is 19.8 Å². The number of methoxy groups -OCH3 is 1. The molecule has 0 unspecified atom stereocenters. The van der Waals surface area contributed by atoms with Crippen molar-refractivity contribution in [3.63, 3.8) is 0 Å². The Balaban J connectivity index is 1.85. The quantitative estimate of drug-likeness (QED) is 0.722. The fourth-order valence-electron chi connectivity index (χ4n) is 2.85. The van der Waals surface area contributed by atoms with Gasteiger partial charge in [-0.25, -0.2) is 4.98 Å². The Hall–Kier alpha value is -2.72. The highest BCUT2D eigenvalue weighted by atomic mass is 16.5. The van der Waals surface area contributed by atoms with Crippen molar-refractivity contribution >= 4 is 23.5 Å². The van der Waals surface area contributed by atoms with Crippen molar-refractivity contribution in [3.05, 3.63) is 23.6 Å². The van der Waals surface area contributed by atoms with Gasteiger partial charge in [-0.15, -0.1) is 0 Å². The number of hydrogen-bond donors (Lipinski definition) is 1. The fourth-order valence-corrected chi connectivity index (χ4v) is 2.85. The van der Waals surface area contributed by atoms with Crippen LogP contribution in [0, 0.1) is 0 Å². The van der Waals surface area contributed by atoms with Crippen molar-refractivity contribution in [2.45, 2.75) is 26.2 Å². The number of hydrogen-bond acceptors (Lipinski definition) is 9. The van der Waals surface area contributed by atoms with E-state index in [2.05, 4.69) is 20.4 Å². The van der Waals surface area contributed by atoms with Crippen LogP contribution in [0.1, 0.15) is 37.0 Å². The topological polar surface area (TPSA) is 106 Å². The zero-order valence-electron chi connectivity index (χ0n) is 18.3. The molecule has 3 heterocycles. The summed E-state index contributed by atoms with van der Waals surface area (Å²) in [5, 5.41) is 6.72. The van der Waals surface area contributed by atoms with Crippen LogP contribution < -0.4 is 15.1 Å². The highest BCUT2D eigenvalue weighted by molar-refractivity contribution is 6.03. The van der Waals surface area contributed by atoms with Crippen LogP contribution in [0.5, 0.6) is 0 Å². The summed E-state index contributed by atoms with van der Waals surface area (Å²) in [6.45, 7) is 9.76. The van der Waals surface area contributed by atoms with Gasteiger partial charge in [0, 0.05) is 51.3 Å². The van der Waals surface area contributed by atoms with Crippen molar-refractivity contribution in [2.75, 3.05) is 68.7 Å². The maximum Gasteiger partial charge on any atom is 0.275 e. The van der Waals surface area contributed by atoms with E-state index in [4.69, 9.17) is 14.0 Å². The van der Waals surface area contributed by atoms with E-state index in [0.29, 0.717) is 62.8 Å². The molecule has 2 aromatic rings. The minimum atomic E-state index is -0.373. The van der Waals surface area contributed by atoms with E-state index in [1.807, 2.05) is 37.6 Å². The maximum atomic E-state index is 12.9. The monoisotopic (exact) mass is 418 g/mol. The molecule has 1 fully saturated rings. The molecule has 1 aliphatic rings. The lowest BCUT2D eigenvalue weighted by Gasteiger charge is -2.28. The van der Waals surface area contributed by atoms with Gasteiger partial charge < -0.3 is 29.1 Å². The fraction of sp³-hybridized carbons (Fsp3) is 0.600. The molecule has 10 heteroatoms. The Bertz CT molecular complexity index is 857. The number of nitrogens with one attached hydrogen (secondary N) is 1. The molecule has 3 rings (SSSR count). The van der Waals surface area contributed by atoms with E-state index < -0.39 is 0 Å². The predicted octanol–water partition coefficient (Wildman–Crippen LogP) is 1.93. The third-order valence-electron chi connectivity index (χ3n) is 4.74. The molecular weight excluding hydrogens is 388 g/mol. The summed E-state index contributed by atoms with van der Waals surface area (Å²) < 4.78 is 15.9. The number of morpholine rings is 1. The zero-order chi connectivity index (χ0) is 21.7. The summed E-state index contributed by atoms with van der Waals surface area (Å²) in [5.41, 5.74) is 0.0529. The van der Waals surface area contributed by atoms with Crippen LogP contribution in [0.15, 0.2) is 16.7 Å². The SMILES string of the molecule is COCCN(C)c1cc(C(=O)Nc2cc(C(C)(C)C)on2)nc(N2CCOCC2)n1. The largest absolute Gasteiger partial charge is 0.383 e. The lowest BCUT2D eigenvalue weighted by atomic mass is 9.93. The van der Waals surface area contributed by atoms with Crippen molar-refractivity contribution in [1.82, 2.24) is 15.1 Å². The zero-order valence-corrected chi connectivity index (χ0v) is 18.3. The molecule has 1 aliphatic heterocycles. The van der Waals surface area contributed by atoms with Gasteiger partial charge in [0.25, 0.3) is 5.91 Å². The number of rotatable bonds is 7. The summed E-state index contributed by atoms with van der Waals surface area (Å²) in [6.07, 6.45) is 0. The van der Waals surface area contributed by atoms with Crippen LogP contribution in [0.2, 0.25) is 0 Å². The molecule has 10 nitrogen and oxygen atoms in total. The second kappa shape index (κ2) is 9.40. The van der Waals surface area contributed by atoms with Gasteiger partial charge in [-0.1, -0.05) is 25.9 Å². The average Bonchev–Trinajstić information content (AvgIpc) is 3.21. The molecule has 1 amide bonds. The highest BCUT2D eigenvalue weighted by Crippen LogP contribution is 2.25. The lowest BCUT2D eigenvalue weighted by Crippen LogP contribution is -2.38. The molecule has 0 atom stereocenters. The number of nitrogens with zero attached hydrogens (tertiary/aromatic N) is 5. The summed E-state index contributed by atoms with van der Waals surface area (Å²) in [5.74, 6) is 1.81. The number of aromatic nitrogens is 3. The summed E-state index contributed by atoms with van der Waals surface area (Å²) in [7, 11) is 3.55. The smallest absolute Gasteiger partial charge is 0.275 e. The Labute approximate surface area is 176 Å². The number of anilines is 3. The number of carbonyl (C=O) groups excluding carboxylic acids is 1. The van der Waals surface area contributed by atoms with Gasteiger partial charge in [-0.2, -0.15) is 4.98 Å².